The van der Waals surface area contributed by atoms with Crippen molar-refractivity contribution in [3.05, 3.63) is 28.0 Å². The normalized spacial score (nSPS) is 14.9. The van der Waals surface area contributed by atoms with Gasteiger partial charge in [-0.05, 0) is 40.9 Å². The number of hydrogen-bond donors (Lipinski definition) is 1. The minimum Gasteiger partial charge on any atom is -0.478 e. The van der Waals surface area contributed by atoms with Crippen molar-refractivity contribution in [1.29, 1.82) is 0 Å². The molecule has 0 radical (unpaired) electrons. The largest absolute Gasteiger partial charge is 0.478 e. The summed E-state index contributed by atoms with van der Waals surface area (Å²) in [6, 6.07) is 3.32. The number of carbonyl (C=O) groups is 1. The molecule has 0 saturated heterocycles. The Balaban J connectivity index is 2.41. The zero-order valence-corrected chi connectivity index (χ0v) is 10.3. The number of anilines is 1. The van der Waals surface area contributed by atoms with Crippen LogP contribution >= 0.6 is 15.9 Å². The van der Waals surface area contributed by atoms with Crippen molar-refractivity contribution in [2.24, 2.45) is 0 Å². The van der Waals surface area contributed by atoms with Crippen molar-refractivity contribution < 1.29 is 14.3 Å². The van der Waals surface area contributed by atoms with Crippen molar-refractivity contribution >= 4 is 27.6 Å². The first-order valence-electron chi connectivity index (χ1n) is 4.96. The topological polar surface area (TPSA) is 40.5 Å². The molecule has 0 aromatic heterocycles. The lowest BCUT2D eigenvalue weighted by Crippen LogP contribution is -2.21. The van der Waals surface area contributed by atoms with Crippen LogP contribution in [0.2, 0.25) is 0 Å². The maximum Gasteiger partial charge on any atom is 0.336 e. The van der Waals surface area contributed by atoms with E-state index in [9.17, 15) is 9.18 Å². The number of rotatable bonds is 3. The molecule has 16 heavy (non-hydrogen) atoms. The first kappa shape index (κ1) is 11.4. The molecule has 1 fully saturated rings. The summed E-state index contributed by atoms with van der Waals surface area (Å²) in [5, 5.41) is 8.83. The number of carboxylic acid groups (broad SMARTS) is 1. The molecule has 1 aliphatic carbocycles. The Labute approximate surface area is 101 Å². The minimum atomic E-state index is -1.13. The van der Waals surface area contributed by atoms with E-state index >= 15 is 0 Å². The van der Waals surface area contributed by atoms with Crippen molar-refractivity contribution in [3.8, 4) is 0 Å². The molecular formula is C11H11BrFNO2. The fourth-order valence-corrected chi connectivity index (χ4v) is 2.14. The van der Waals surface area contributed by atoms with E-state index in [0.29, 0.717) is 11.7 Å². The second kappa shape index (κ2) is 4.05. The van der Waals surface area contributed by atoms with Gasteiger partial charge in [-0.1, -0.05) is 0 Å². The van der Waals surface area contributed by atoms with Crippen LogP contribution in [0.1, 0.15) is 23.2 Å². The van der Waals surface area contributed by atoms with Gasteiger partial charge in [-0.25, -0.2) is 9.18 Å². The summed E-state index contributed by atoms with van der Waals surface area (Å²) in [6.07, 6.45) is 2.13. The Morgan fingerprint density at radius 1 is 1.56 bits per heavy atom. The SMILES string of the molecule is CN(c1ccc(C(=O)O)c(Br)c1F)C1CC1. The van der Waals surface area contributed by atoms with Gasteiger partial charge in [-0.3, -0.25) is 0 Å². The maximum atomic E-state index is 13.9. The van der Waals surface area contributed by atoms with E-state index in [-0.39, 0.29) is 10.0 Å². The van der Waals surface area contributed by atoms with E-state index in [0.717, 1.165) is 12.8 Å². The van der Waals surface area contributed by atoms with Crippen LogP contribution < -0.4 is 4.90 Å². The van der Waals surface area contributed by atoms with E-state index in [1.807, 2.05) is 11.9 Å². The Bertz CT molecular complexity index is 446. The third-order valence-corrected chi connectivity index (χ3v) is 3.54. The molecule has 2 rings (SSSR count). The van der Waals surface area contributed by atoms with Gasteiger partial charge in [0.1, 0.15) is 0 Å². The van der Waals surface area contributed by atoms with Crippen molar-refractivity contribution in [2.45, 2.75) is 18.9 Å². The highest BCUT2D eigenvalue weighted by molar-refractivity contribution is 9.10. The average Bonchev–Trinajstić information content (AvgIpc) is 3.04. The van der Waals surface area contributed by atoms with Crippen LogP contribution in [0, 0.1) is 5.82 Å². The number of halogens is 2. The lowest BCUT2D eigenvalue weighted by molar-refractivity contribution is 0.0695. The highest BCUT2D eigenvalue weighted by atomic mass is 79.9. The maximum absolute atomic E-state index is 13.9. The first-order valence-corrected chi connectivity index (χ1v) is 5.75. The zero-order valence-electron chi connectivity index (χ0n) is 8.70. The highest BCUT2D eigenvalue weighted by Crippen LogP contribution is 2.35. The van der Waals surface area contributed by atoms with Crippen LogP contribution in [-0.4, -0.2) is 24.2 Å². The summed E-state index contributed by atoms with van der Waals surface area (Å²) >= 11 is 2.99. The number of aromatic carboxylic acids is 1. The molecule has 1 aromatic carbocycles. The van der Waals surface area contributed by atoms with Crippen LogP contribution in [0.4, 0.5) is 10.1 Å². The van der Waals surface area contributed by atoms with Crippen LogP contribution in [0.15, 0.2) is 16.6 Å². The van der Waals surface area contributed by atoms with Gasteiger partial charge in [-0.15, -0.1) is 0 Å². The third-order valence-electron chi connectivity index (χ3n) is 2.77. The van der Waals surface area contributed by atoms with Crippen molar-refractivity contribution in [1.82, 2.24) is 0 Å². The molecule has 0 amide bonds. The molecular weight excluding hydrogens is 277 g/mol. The molecule has 0 atom stereocenters. The Morgan fingerprint density at radius 3 is 2.69 bits per heavy atom. The first-order chi connectivity index (χ1) is 7.52. The lowest BCUT2D eigenvalue weighted by Gasteiger charge is -2.20. The van der Waals surface area contributed by atoms with Crippen molar-refractivity contribution in [3.63, 3.8) is 0 Å². The fourth-order valence-electron chi connectivity index (χ4n) is 1.64. The second-order valence-corrected chi connectivity index (χ2v) is 4.70. The van der Waals surface area contributed by atoms with Gasteiger partial charge < -0.3 is 10.0 Å². The summed E-state index contributed by atoms with van der Waals surface area (Å²) in [4.78, 5) is 12.6. The van der Waals surface area contributed by atoms with E-state index < -0.39 is 11.8 Å². The molecule has 1 saturated carbocycles. The summed E-state index contributed by atoms with van der Waals surface area (Å²) in [5.41, 5.74) is 0.393. The molecule has 0 spiro atoms. The molecule has 0 heterocycles. The highest BCUT2D eigenvalue weighted by Gasteiger charge is 2.29. The van der Waals surface area contributed by atoms with Gasteiger partial charge in [0, 0.05) is 13.1 Å². The van der Waals surface area contributed by atoms with E-state index in [1.54, 1.807) is 0 Å². The molecule has 86 valence electrons. The van der Waals surface area contributed by atoms with Gasteiger partial charge in [0.25, 0.3) is 0 Å². The average molecular weight is 288 g/mol. The Morgan fingerprint density at radius 2 is 2.19 bits per heavy atom. The standard InChI is InChI=1S/C11H11BrFNO2/c1-14(6-2-3-6)8-5-4-7(11(15)16)9(12)10(8)13/h4-6H,2-3H2,1H3,(H,15,16). The number of hydrogen-bond acceptors (Lipinski definition) is 2. The van der Waals surface area contributed by atoms with Gasteiger partial charge in [-0.2, -0.15) is 0 Å². The monoisotopic (exact) mass is 287 g/mol. The van der Waals surface area contributed by atoms with E-state index in [4.69, 9.17) is 5.11 Å². The van der Waals surface area contributed by atoms with Gasteiger partial charge >= 0.3 is 5.97 Å². The minimum absolute atomic E-state index is 0.0185. The summed E-state index contributed by atoms with van der Waals surface area (Å²) in [7, 11) is 1.82. The molecule has 3 nitrogen and oxygen atoms in total. The molecule has 1 N–H and O–H groups in total. The Hall–Kier alpha value is -1.10. The van der Waals surface area contributed by atoms with Crippen LogP contribution in [0.5, 0.6) is 0 Å². The van der Waals surface area contributed by atoms with Crippen LogP contribution in [0.3, 0.4) is 0 Å². The summed E-state index contributed by atoms with van der Waals surface area (Å²) in [5.74, 6) is -1.64. The van der Waals surface area contributed by atoms with E-state index in [2.05, 4.69) is 15.9 Å². The van der Waals surface area contributed by atoms with Crippen LogP contribution in [0.25, 0.3) is 0 Å². The molecule has 0 aliphatic heterocycles. The lowest BCUT2D eigenvalue weighted by atomic mass is 10.2. The fraction of sp³-hybridized carbons (Fsp3) is 0.364. The molecule has 0 unspecified atom stereocenters. The molecule has 5 heteroatoms. The smallest absolute Gasteiger partial charge is 0.336 e. The van der Waals surface area contributed by atoms with Crippen molar-refractivity contribution in [2.75, 3.05) is 11.9 Å². The summed E-state index contributed by atoms with van der Waals surface area (Å²) in [6.45, 7) is 0. The predicted octanol–water partition coefficient (Wildman–Crippen LogP) is 2.89. The van der Waals surface area contributed by atoms with Gasteiger partial charge in [0.15, 0.2) is 5.82 Å². The molecule has 1 aromatic rings. The Kier molecular flexibility index (Phi) is 2.88. The third kappa shape index (κ3) is 1.91. The molecule has 0 bridgehead atoms. The van der Waals surface area contributed by atoms with Crippen LogP contribution in [-0.2, 0) is 0 Å². The number of benzene rings is 1. The molecule has 1 aliphatic rings. The quantitative estimate of drug-likeness (QED) is 0.929. The van der Waals surface area contributed by atoms with E-state index in [1.165, 1.54) is 12.1 Å². The van der Waals surface area contributed by atoms with Gasteiger partial charge in [0.2, 0.25) is 0 Å². The number of nitrogens with zero attached hydrogens (tertiary/aromatic N) is 1. The predicted molar refractivity (Wildman–Crippen MR) is 62.5 cm³/mol. The zero-order chi connectivity index (χ0) is 11.9. The summed E-state index contributed by atoms with van der Waals surface area (Å²) < 4.78 is 13.9. The second-order valence-electron chi connectivity index (χ2n) is 3.91. The number of carboxylic acids is 1. The van der Waals surface area contributed by atoms with Gasteiger partial charge in [0.05, 0.1) is 15.7 Å².